The van der Waals surface area contributed by atoms with E-state index in [1.807, 2.05) is 31.2 Å². The molecule has 0 spiro atoms. The van der Waals surface area contributed by atoms with E-state index in [0.29, 0.717) is 17.0 Å². The number of fused-ring (bicyclic) bond motifs is 2. The van der Waals surface area contributed by atoms with Crippen molar-refractivity contribution in [1.82, 2.24) is 29.0 Å². The van der Waals surface area contributed by atoms with E-state index in [9.17, 15) is 9.90 Å². The van der Waals surface area contributed by atoms with Crippen LogP contribution < -0.4 is 0 Å². The van der Waals surface area contributed by atoms with Gasteiger partial charge in [-0.05, 0) is 25.1 Å². The van der Waals surface area contributed by atoms with E-state index in [1.165, 1.54) is 12.7 Å². The number of aryl methyl sites for hydroxylation is 1. The summed E-state index contributed by atoms with van der Waals surface area (Å²) >= 11 is 0. The normalized spacial score (nSPS) is 10.8. The van der Waals surface area contributed by atoms with Gasteiger partial charge < -0.3 is 5.11 Å². The molecule has 0 aliphatic rings. The average molecular weight is 318 g/mol. The molecule has 4 heterocycles. The summed E-state index contributed by atoms with van der Waals surface area (Å²) in [5, 5.41) is 13.4. The fraction of sp³-hybridized carbons (Fsp3) is 0.0714. The van der Waals surface area contributed by atoms with Gasteiger partial charge in [0.25, 0.3) is 0 Å². The van der Waals surface area contributed by atoms with E-state index < -0.39 is 5.97 Å². The van der Waals surface area contributed by atoms with Gasteiger partial charge in [-0.1, -0.05) is 6.07 Å². The zero-order valence-electron chi connectivity index (χ0n) is 11.5. The number of carboxylic acids is 1. The predicted octanol–water partition coefficient (Wildman–Crippen LogP) is 0.797. The van der Waals surface area contributed by atoms with Gasteiger partial charge in [0.2, 0.25) is 0 Å². The molecule has 0 amide bonds. The van der Waals surface area contributed by atoms with Crippen LogP contribution in [0.15, 0.2) is 36.9 Å². The van der Waals surface area contributed by atoms with Crippen LogP contribution in [0, 0.1) is 6.92 Å². The van der Waals surface area contributed by atoms with E-state index in [1.54, 1.807) is 8.92 Å². The van der Waals surface area contributed by atoms with Crippen molar-refractivity contribution in [2.75, 3.05) is 0 Å². The van der Waals surface area contributed by atoms with Gasteiger partial charge in [-0.15, -0.1) is 0 Å². The fourth-order valence-electron chi connectivity index (χ4n) is 2.44. The van der Waals surface area contributed by atoms with Crippen LogP contribution >= 0.6 is 0 Å². The monoisotopic (exact) mass is 318 g/mol. The quantitative estimate of drug-likeness (QED) is 0.549. The number of hydrogen-bond donors (Lipinski definition) is 1. The first kappa shape index (κ1) is 15.6. The summed E-state index contributed by atoms with van der Waals surface area (Å²) in [5.74, 6) is -1.11. The zero-order valence-corrected chi connectivity index (χ0v) is 11.5. The van der Waals surface area contributed by atoms with E-state index in [0.717, 1.165) is 11.4 Å². The van der Waals surface area contributed by atoms with Gasteiger partial charge in [-0.2, -0.15) is 5.10 Å². The van der Waals surface area contributed by atoms with E-state index >= 15 is 0 Å². The van der Waals surface area contributed by atoms with Crippen LogP contribution in [0.1, 0.15) is 16.2 Å². The maximum absolute atomic E-state index is 11.3. The van der Waals surface area contributed by atoms with Crippen molar-refractivity contribution in [3.63, 3.8) is 0 Å². The molecule has 0 saturated heterocycles. The molecule has 4 aromatic rings. The molecular formula is C14H11N6NaO2. The second-order valence-electron chi connectivity index (χ2n) is 4.82. The molecule has 0 bridgehead atoms. The summed E-state index contributed by atoms with van der Waals surface area (Å²) in [5.41, 5.74) is 3.11. The molecule has 0 unspecified atom stereocenters. The zero-order chi connectivity index (χ0) is 15.3. The van der Waals surface area contributed by atoms with Crippen LogP contribution in [0.4, 0.5) is 0 Å². The topological polar surface area (TPSA) is 97.7 Å². The molecular weight excluding hydrogens is 307 g/mol. The molecule has 23 heavy (non-hydrogen) atoms. The summed E-state index contributed by atoms with van der Waals surface area (Å²) in [6.07, 6.45) is 2.92. The van der Waals surface area contributed by atoms with Crippen molar-refractivity contribution in [3.8, 4) is 11.4 Å². The molecule has 0 radical (unpaired) electrons. The summed E-state index contributed by atoms with van der Waals surface area (Å²) in [4.78, 5) is 23.8. The van der Waals surface area contributed by atoms with Gasteiger partial charge in [-0.3, -0.25) is 4.40 Å². The van der Waals surface area contributed by atoms with Gasteiger partial charge in [0.15, 0.2) is 17.0 Å². The standard InChI is InChI=1S/C14H10N6O2.Na.H/c1-8-5-9(10-3-2-4-11-15-6-17-20(10)11)18-13-12(14(21)22)16-7-19(8)13;;/h2-7H,1H3,(H,21,22);;. The Kier molecular flexibility index (Phi) is 3.88. The number of carboxylic acid groups (broad SMARTS) is 1. The molecule has 0 saturated carbocycles. The van der Waals surface area contributed by atoms with Gasteiger partial charge in [0.05, 0.1) is 11.4 Å². The molecule has 110 valence electrons. The van der Waals surface area contributed by atoms with Gasteiger partial charge in [0.1, 0.15) is 12.7 Å². The Hall–Kier alpha value is -2.29. The van der Waals surface area contributed by atoms with E-state index in [-0.39, 0.29) is 35.3 Å². The summed E-state index contributed by atoms with van der Waals surface area (Å²) in [6.45, 7) is 1.87. The SMILES string of the molecule is Cc1cc(-c2cccc3ncnn23)nc2c(C(=O)O)ncn12.[NaH]. The minimum atomic E-state index is -1.11. The van der Waals surface area contributed by atoms with Crippen LogP contribution in [0.3, 0.4) is 0 Å². The Labute approximate surface area is 152 Å². The van der Waals surface area contributed by atoms with E-state index in [2.05, 4.69) is 20.1 Å². The third-order valence-corrected chi connectivity index (χ3v) is 3.46. The van der Waals surface area contributed by atoms with Gasteiger partial charge >= 0.3 is 35.5 Å². The number of aromatic carboxylic acids is 1. The molecule has 4 aromatic heterocycles. The second kappa shape index (κ2) is 5.73. The summed E-state index contributed by atoms with van der Waals surface area (Å²) in [6, 6.07) is 7.41. The average Bonchev–Trinajstić information content (AvgIpc) is 3.13. The molecule has 0 fully saturated rings. The molecule has 0 atom stereocenters. The molecule has 9 heteroatoms. The molecule has 0 aliphatic heterocycles. The first-order valence-corrected chi connectivity index (χ1v) is 6.52. The first-order chi connectivity index (χ1) is 10.6. The fourth-order valence-corrected chi connectivity index (χ4v) is 2.44. The van der Waals surface area contributed by atoms with Crippen LogP contribution in [-0.2, 0) is 0 Å². The van der Waals surface area contributed by atoms with Crippen LogP contribution in [-0.4, -0.2) is 69.6 Å². The summed E-state index contributed by atoms with van der Waals surface area (Å²) < 4.78 is 3.31. The van der Waals surface area contributed by atoms with E-state index in [4.69, 9.17) is 0 Å². The van der Waals surface area contributed by atoms with Crippen molar-refractivity contribution < 1.29 is 9.90 Å². The number of rotatable bonds is 2. The summed E-state index contributed by atoms with van der Waals surface area (Å²) in [7, 11) is 0. The van der Waals surface area contributed by atoms with Crippen LogP contribution in [0.5, 0.6) is 0 Å². The Morgan fingerprint density at radius 2 is 2.09 bits per heavy atom. The van der Waals surface area contributed by atoms with Crippen LogP contribution in [0.2, 0.25) is 0 Å². The molecule has 0 aliphatic carbocycles. The first-order valence-electron chi connectivity index (χ1n) is 6.52. The number of nitrogens with zero attached hydrogens (tertiary/aromatic N) is 6. The van der Waals surface area contributed by atoms with Crippen LogP contribution in [0.25, 0.3) is 22.7 Å². The molecule has 0 aromatic carbocycles. The predicted molar refractivity (Wildman–Crippen MR) is 83.8 cm³/mol. The van der Waals surface area contributed by atoms with Crippen molar-refractivity contribution in [2.45, 2.75) is 6.92 Å². The maximum atomic E-state index is 11.3. The second-order valence-corrected chi connectivity index (χ2v) is 4.82. The van der Waals surface area contributed by atoms with Gasteiger partial charge in [0, 0.05) is 5.69 Å². The number of carbonyl (C=O) groups is 1. The number of hydrogen-bond acceptors (Lipinski definition) is 5. The Morgan fingerprint density at radius 3 is 2.87 bits per heavy atom. The Bertz CT molecular complexity index is 1040. The molecule has 8 nitrogen and oxygen atoms in total. The molecule has 4 rings (SSSR count). The Morgan fingerprint density at radius 1 is 1.26 bits per heavy atom. The van der Waals surface area contributed by atoms with Gasteiger partial charge in [-0.25, -0.2) is 24.3 Å². The van der Waals surface area contributed by atoms with Crippen molar-refractivity contribution in [3.05, 3.63) is 48.3 Å². The molecule has 1 N–H and O–H groups in total. The Balaban J connectivity index is 0.00000156. The van der Waals surface area contributed by atoms with Crippen molar-refractivity contribution in [2.24, 2.45) is 0 Å². The minimum absolute atomic E-state index is 0. The third-order valence-electron chi connectivity index (χ3n) is 3.46. The van der Waals surface area contributed by atoms with Crippen molar-refractivity contribution >= 4 is 46.8 Å². The number of aromatic nitrogens is 6. The third kappa shape index (κ3) is 2.40. The van der Waals surface area contributed by atoms with Crippen molar-refractivity contribution in [1.29, 1.82) is 0 Å². The number of pyridine rings is 1. The number of imidazole rings is 1.